The van der Waals surface area contributed by atoms with Crippen molar-refractivity contribution in [2.45, 2.75) is 13.1 Å². The molecule has 2 aromatic rings. The van der Waals surface area contributed by atoms with Gasteiger partial charge in [-0.15, -0.1) is 0 Å². The molecule has 3 rings (SSSR count). The lowest BCUT2D eigenvalue weighted by Gasteiger charge is -2.32. The summed E-state index contributed by atoms with van der Waals surface area (Å²) < 4.78 is 10.8. The van der Waals surface area contributed by atoms with Crippen LogP contribution < -0.4 is 14.4 Å². The van der Waals surface area contributed by atoms with Crippen molar-refractivity contribution < 1.29 is 14.4 Å². The molecule has 1 aromatic heterocycles. The average molecular weight is 328 g/mol. The summed E-state index contributed by atoms with van der Waals surface area (Å²) in [5.74, 6) is 1.83. The van der Waals surface area contributed by atoms with Crippen molar-refractivity contribution in [3.05, 3.63) is 53.9 Å². The molecule has 0 amide bonds. The molecule has 0 atom stereocenters. The second kappa shape index (κ2) is 8.13. The molecule has 5 nitrogen and oxygen atoms in total. The first kappa shape index (κ1) is 16.7. The van der Waals surface area contributed by atoms with Crippen molar-refractivity contribution in [1.29, 1.82) is 0 Å². The minimum Gasteiger partial charge on any atom is -0.497 e. The molecule has 1 aliphatic rings. The third kappa shape index (κ3) is 4.24. The van der Waals surface area contributed by atoms with E-state index in [-0.39, 0.29) is 0 Å². The predicted molar refractivity (Wildman–Crippen MR) is 93.5 cm³/mol. The van der Waals surface area contributed by atoms with Gasteiger partial charge in [-0.25, -0.2) is 0 Å². The number of ether oxygens (including phenoxy) is 2. The van der Waals surface area contributed by atoms with E-state index in [0.717, 1.165) is 56.5 Å². The van der Waals surface area contributed by atoms with Gasteiger partial charge in [0.15, 0.2) is 0 Å². The zero-order valence-electron chi connectivity index (χ0n) is 14.5. The standard InChI is InChI=1S/C19H25N3O2/c1-23-18-6-7-19(24-2)16(13-18)14-21-9-11-22(12-10-21)15-17-5-3-4-8-20-17/h3-8,13H,9-12,14-15H2,1-2H3/p+1. The second-order valence-electron chi connectivity index (χ2n) is 6.20. The Bertz CT molecular complexity index is 640. The molecule has 1 saturated heterocycles. The van der Waals surface area contributed by atoms with Gasteiger partial charge in [-0.1, -0.05) is 6.07 Å². The molecule has 128 valence electrons. The van der Waals surface area contributed by atoms with E-state index in [9.17, 15) is 0 Å². The Hall–Kier alpha value is -2.11. The van der Waals surface area contributed by atoms with Crippen LogP contribution in [0.15, 0.2) is 42.6 Å². The van der Waals surface area contributed by atoms with Gasteiger partial charge < -0.3 is 14.4 Å². The minimum atomic E-state index is 0.888. The van der Waals surface area contributed by atoms with Crippen molar-refractivity contribution in [2.24, 2.45) is 0 Å². The number of aromatic nitrogens is 1. The zero-order chi connectivity index (χ0) is 16.8. The highest BCUT2D eigenvalue weighted by atomic mass is 16.5. The van der Waals surface area contributed by atoms with Gasteiger partial charge in [-0.05, 0) is 30.3 Å². The second-order valence-corrected chi connectivity index (χ2v) is 6.20. The quantitative estimate of drug-likeness (QED) is 0.859. The molecule has 0 unspecified atom stereocenters. The van der Waals surface area contributed by atoms with E-state index in [1.807, 2.05) is 24.4 Å². The summed E-state index contributed by atoms with van der Waals surface area (Å²) in [7, 11) is 3.43. The highest BCUT2D eigenvalue weighted by molar-refractivity contribution is 5.39. The lowest BCUT2D eigenvalue weighted by Crippen LogP contribution is -3.13. The van der Waals surface area contributed by atoms with E-state index < -0.39 is 0 Å². The third-order valence-corrected chi connectivity index (χ3v) is 4.60. The van der Waals surface area contributed by atoms with Crippen LogP contribution >= 0.6 is 0 Å². The first-order valence-corrected chi connectivity index (χ1v) is 8.45. The van der Waals surface area contributed by atoms with Gasteiger partial charge in [-0.2, -0.15) is 0 Å². The van der Waals surface area contributed by atoms with Crippen LogP contribution in [0.4, 0.5) is 0 Å². The molecule has 0 saturated carbocycles. The van der Waals surface area contributed by atoms with Crippen LogP contribution in [-0.4, -0.2) is 50.3 Å². The van der Waals surface area contributed by atoms with Crippen LogP contribution in [0.1, 0.15) is 11.3 Å². The van der Waals surface area contributed by atoms with Crippen LogP contribution in [0.25, 0.3) is 0 Å². The first-order chi connectivity index (χ1) is 11.8. The summed E-state index contributed by atoms with van der Waals surface area (Å²) in [5.41, 5.74) is 2.36. The fourth-order valence-corrected chi connectivity index (χ4v) is 3.21. The Balaban J connectivity index is 1.55. The molecule has 1 fully saturated rings. The fraction of sp³-hybridized carbons (Fsp3) is 0.421. The molecule has 0 spiro atoms. The maximum Gasteiger partial charge on any atom is 0.127 e. The normalized spacial score (nSPS) is 16.1. The van der Waals surface area contributed by atoms with Crippen molar-refractivity contribution in [3.8, 4) is 11.5 Å². The van der Waals surface area contributed by atoms with Gasteiger partial charge in [0, 0.05) is 25.8 Å². The average Bonchev–Trinajstić information content (AvgIpc) is 2.64. The van der Waals surface area contributed by atoms with Crippen molar-refractivity contribution in [1.82, 2.24) is 9.88 Å². The molecule has 1 aromatic carbocycles. The van der Waals surface area contributed by atoms with Crippen molar-refractivity contribution in [3.63, 3.8) is 0 Å². The summed E-state index contributed by atoms with van der Waals surface area (Å²) in [5, 5.41) is 0. The van der Waals surface area contributed by atoms with Crippen LogP contribution in [-0.2, 0) is 13.1 Å². The summed E-state index contributed by atoms with van der Waals surface area (Å²) in [6, 6.07) is 12.1. The van der Waals surface area contributed by atoms with Gasteiger partial charge in [0.25, 0.3) is 0 Å². The lowest BCUT2D eigenvalue weighted by molar-refractivity contribution is -0.918. The van der Waals surface area contributed by atoms with E-state index in [0.29, 0.717) is 0 Å². The maximum absolute atomic E-state index is 5.50. The number of hydrogen-bond donors (Lipinski definition) is 1. The van der Waals surface area contributed by atoms with E-state index in [1.165, 1.54) is 5.56 Å². The van der Waals surface area contributed by atoms with Crippen LogP contribution in [0.3, 0.4) is 0 Å². The molecule has 24 heavy (non-hydrogen) atoms. The van der Waals surface area contributed by atoms with Crippen LogP contribution in [0.5, 0.6) is 11.5 Å². The van der Waals surface area contributed by atoms with E-state index in [1.54, 1.807) is 19.1 Å². The van der Waals surface area contributed by atoms with Crippen LogP contribution in [0, 0.1) is 0 Å². The van der Waals surface area contributed by atoms with E-state index >= 15 is 0 Å². The number of nitrogens with zero attached hydrogens (tertiary/aromatic N) is 2. The number of rotatable bonds is 6. The first-order valence-electron chi connectivity index (χ1n) is 8.45. The van der Waals surface area contributed by atoms with E-state index in [2.05, 4.69) is 28.1 Å². The molecular weight excluding hydrogens is 302 g/mol. The van der Waals surface area contributed by atoms with Gasteiger partial charge in [0.05, 0.1) is 38.6 Å². The Morgan fingerprint density at radius 1 is 1.08 bits per heavy atom. The summed E-state index contributed by atoms with van der Waals surface area (Å²) >= 11 is 0. The molecular formula is C19H26N3O2+. The summed E-state index contributed by atoms with van der Waals surface area (Å²) in [4.78, 5) is 8.49. The van der Waals surface area contributed by atoms with Crippen molar-refractivity contribution >= 4 is 0 Å². The highest BCUT2D eigenvalue weighted by Gasteiger charge is 2.21. The van der Waals surface area contributed by atoms with E-state index in [4.69, 9.17) is 9.47 Å². The Morgan fingerprint density at radius 2 is 1.92 bits per heavy atom. The molecule has 1 N–H and O–H groups in total. The molecule has 0 bridgehead atoms. The number of quaternary nitrogens is 1. The Morgan fingerprint density at radius 3 is 2.58 bits per heavy atom. The number of benzene rings is 1. The zero-order valence-corrected chi connectivity index (χ0v) is 14.5. The largest absolute Gasteiger partial charge is 0.497 e. The smallest absolute Gasteiger partial charge is 0.127 e. The lowest BCUT2D eigenvalue weighted by atomic mass is 10.1. The molecule has 0 aliphatic carbocycles. The summed E-state index contributed by atoms with van der Waals surface area (Å²) in [6.45, 7) is 6.37. The number of pyridine rings is 1. The number of methoxy groups -OCH3 is 2. The van der Waals surface area contributed by atoms with Gasteiger partial charge >= 0.3 is 0 Å². The monoisotopic (exact) mass is 328 g/mol. The molecule has 2 heterocycles. The molecule has 0 radical (unpaired) electrons. The molecule has 5 heteroatoms. The van der Waals surface area contributed by atoms with Gasteiger partial charge in [0.2, 0.25) is 0 Å². The van der Waals surface area contributed by atoms with Gasteiger partial charge in [0.1, 0.15) is 18.0 Å². The van der Waals surface area contributed by atoms with Crippen LogP contribution in [0.2, 0.25) is 0 Å². The predicted octanol–water partition coefficient (Wildman–Crippen LogP) is 1.000. The number of hydrogen-bond acceptors (Lipinski definition) is 4. The molecule has 1 aliphatic heterocycles. The highest BCUT2D eigenvalue weighted by Crippen LogP contribution is 2.23. The minimum absolute atomic E-state index is 0.888. The Kier molecular flexibility index (Phi) is 5.67. The number of nitrogens with one attached hydrogen (secondary N) is 1. The fourth-order valence-electron chi connectivity index (χ4n) is 3.21. The van der Waals surface area contributed by atoms with Gasteiger partial charge in [-0.3, -0.25) is 9.88 Å². The topological polar surface area (TPSA) is 39.0 Å². The number of piperazine rings is 1. The maximum atomic E-state index is 5.50. The SMILES string of the molecule is COc1ccc(OC)c(C[NH+]2CCN(Cc3ccccn3)CC2)c1. The van der Waals surface area contributed by atoms with Crippen molar-refractivity contribution in [2.75, 3.05) is 40.4 Å². The summed E-state index contributed by atoms with van der Waals surface area (Å²) in [6.07, 6.45) is 1.87. The third-order valence-electron chi connectivity index (χ3n) is 4.60. The Labute approximate surface area is 143 Å².